The van der Waals surface area contributed by atoms with Crippen LogP contribution < -0.4 is 4.90 Å². The highest BCUT2D eigenvalue weighted by Gasteiger charge is 2.34. The molecule has 4 rings (SSSR count). The lowest BCUT2D eigenvalue weighted by Gasteiger charge is -2.17. The maximum absolute atomic E-state index is 12.5. The number of carbonyl (C=O) groups is 1. The molecule has 1 saturated heterocycles. The average Bonchev–Trinajstić information content (AvgIpc) is 3.15. The molecule has 0 unspecified atom stereocenters. The number of amides is 1. The number of para-hydroxylation sites is 2. The zero-order valence-electron chi connectivity index (χ0n) is 13.4. The fourth-order valence-electron chi connectivity index (χ4n) is 3.51. The Labute approximate surface area is 145 Å². The SMILES string of the molecule is CCn1c([C@H]2CC(=O)N(c3cccc(Cl)c3)C2)nc2ccccc21. The first-order chi connectivity index (χ1) is 11.7. The second-order valence-electron chi connectivity index (χ2n) is 6.09. The molecule has 0 spiro atoms. The highest BCUT2D eigenvalue weighted by atomic mass is 35.5. The monoisotopic (exact) mass is 339 g/mol. The van der Waals surface area contributed by atoms with Crippen molar-refractivity contribution < 1.29 is 4.79 Å². The number of hydrogen-bond donors (Lipinski definition) is 0. The molecule has 0 saturated carbocycles. The second-order valence-corrected chi connectivity index (χ2v) is 6.52. The fourth-order valence-corrected chi connectivity index (χ4v) is 3.70. The van der Waals surface area contributed by atoms with Gasteiger partial charge in [0.15, 0.2) is 0 Å². The summed E-state index contributed by atoms with van der Waals surface area (Å²) in [5, 5.41) is 0.643. The zero-order chi connectivity index (χ0) is 16.7. The summed E-state index contributed by atoms with van der Waals surface area (Å²) in [7, 11) is 0. The smallest absolute Gasteiger partial charge is 0.227 e. The van der Waals surface area contributed by atoms with E-state index in [1.54, 1.807) is 0 Å². The van der Waals surface area contributed by atoms with Crippen LogP contribution in [0.25, 0.3) is 11.0 Å². The largest absolute Gasteiger partial charge is 0.328 e. The van der Waals surface area contributed by atoms with Crippen LogP contribution in [0.1, 0.15) is 25.1 Å². The third kappa shape index (κ3) is 2.47. The van der Waals surface area contributed by atoms with E-state index in [1.807, 2.05) is 47.4 Å². The van der Waals surface area contributed by atoms with Crippen molar-refractivity contribution in [3.63, 3.8) is 0 Å². The summed E-state index contributed by atoms with van der Waals surface area (Å²) in [5.41, 5.74) is 2.97. The molecule has 122 valence electrons. The van der Waals surface area contributed by atoms with Crippen LogP contribution in [0.15, 0.2) is 48.5 Å². The van der Waals surface area contributed by atoms with Gasteiger partial charge in [-0.1, -0.05) is 29.8 Å². The average molecular weight is 340 g/mol. The Morgan fingerprint density at radius 3 is 2.83 bits per heavy atom. The second kappa shape index (κ2) is 5.95. The third-order valence-electron chi connectivity index (χ3n) is 4.61. The highest BCUT2D eigenvalue weighted by molar-refractivity contribution is 6.30. The standard InChI is InChI=1S/C19H18ClN3O/c1-2-22-17-9-4-3-8-16(17)21-19(22)13-10-18(24)23(12-13)15-7-5-6-14(20)11-15/h3-9,11,13H,2,10,12H2,1H3/t13-/m0/s1. The Balaban J connectivity index is 1.70. The lowest BCUT2D eigenvalue weighted by Crippen LogP contribution is -2.24. The van der Waals surface area contributed by atoms with Crippen LogP contribution in [-0.4, -0.2) is 22.0 Å². The van der Waals surface area contributed by atoms with Crippen molar-refractivity contribution in [1.82, 2.24) is 9.55 Å². The molecule has 2 aromatic carbocycles. The number of imidazole rings is 1. The molecule has 2 heterocycles. The maximum Gasteiger partial charge on any atom is 0.227 e. The molecule has 4 nitrogen and oxygen atoms in total. The quantitative estimate of drug-likeness (QED) is 0.716. The van der Waals surface area contributed by atoms with Crippen molar-refractivity contribution in [3.05, 3.63) is 59.4 Å². The summed E-state index contributed by atoms with van der Waals surface area (Å²) in [6, 6.07) is 15.6. The van der Waals surface area contributed by atoms with Gasteiger partial charge in [-0.2, -0.15) is 0 Å². The zero-order valence-corrected chi connectivity index (χ0v) is 14.2. The van der Waals surface area contributed by atoms with Gasteiger partial charge in [0.05, 0.1) is 11.0 Å². The van der Waals surface area contributed by atoms with Crippen molar-refractivity contribution in [3.8, 4) is 0 Å². The summed E-state index contributed by atoms with van der Waals surface area (Å²) in [4.78, 5) is 19.1. The minimum atomic E-state index is 0.101. The van der Waals surface area contributed by atoms with E-state index in [2.05, 4.69) is 17.6 Å². The van der Waals surface area contributed by atoms with Gasteiger partial charge in [0, 0.05) is 36.1 Å². The van der Waals surface area contributed by atoms with Gasteiger partial charge < -0.3 is 9.47 Å². The molecule has 3 aromatic rings. The van der Waals surface area contributed by atoms with Gasteiger partial charge in [-0.25, -0.2) is 4.98 Å². The summed E-state index contributed by atoms with van der Waals surface area (Å²) < 4.78 is 2.22. The van der Waals surface area contributed by atoms with Crippen LogP contribution in [0.4, 0.5) is 5.69 Å². The molecule has 1 aliphatic rings. The predicted molar refractivity (Wildman–Crippen MR) is 96.6 cm³/mol. The van der Waals surface area contributed by atoms with E-state index in [-0.39, 0.29) is 11.8 Å². The van der Waals surface area contributed by atoms with E-state index < -0.39 is 0 Å². The normalized spacial score (nSPS) is 17.8. The number of benzene rings is 2. The first-order valence-electron chi connectivity index (χ1n) is 8.18. The molecule has 1 aliphatic heterocycles. The number of aromatic nitrogens is 2. The van der Waals surface area contributed by atoms with E-state index in [0.29, 0.717) is 18.0 Å². The van der Waals surface area contributed by atoms with Gasteiger partial charge in [-0.05, 0) is 37.3 Å². The number of anilines is 1. The molecular formula is C19H18ClN3O. The Morgan fingerprint density at radius 1 is 1.21 bits per heavy atom. The van der Waals surface area contributed by atoms with Gasteiger partial charge in [-0.3, -0.25) is 4.79 Å². The predicted octanol–water partition coefficient (Wildman–Crippen LogP) is 4.23. The van der Waals surface area contributed by atoms with Crippen LogP contribution in [0, 0.1) is 0 Å². The van der Waals surface area contributed by atoms with E-state index >= 15 is 0 Å². The minimum absolute atomic E-state index is 0.101. The van der Waals surface area contributed by atoms with Gasteiger partial charge in [0.2, 0.25) is 5.91 Å². The topological polar surface area (TPSA) is 38.1 Å². The summed E-state index contributed by atoms with van der Waals surface area (Å²) in [6.07, 6.45) is 0.482. The number of nitrogens with zero attached hydrogens (tertiary/aromatic N) is 3. The van der Waals surface area contributed by atoms with Gasteiger partial charge in [-0.15, -0.1) is 0 Å². The minimum Gasteiger partial charge on any atom is -0.328 e. The lowest BCUT2D eigenvalue weighted by molar-refractivity contribution is -0.117. The first kappa shape index (κ1) is 15.2. The van der Waals surface area contributed by atoms with Crippen molar-refractivity contribution in [1.29, 1.82) is 0 Å². The highest BCUT2D eigenvalue weighted by Crippen LogP contribution is 2.33. The molecule has 1 amide bonds. The molecule has 0 N–H and O–H groups in total. The van der Waals surface area contributed by atoms with Crippen molar-refractivity contribution in [2.24, 2.45) is 0 Å². The Morgan fingerprint density at radius 2 is 2.04 bits per heavy atom. The van der Waals surface area contributed by atoms with Gasteiger partial charge >= 0.3 is 0 Å². The Bertz CT molecular complexity index is 918. The molecule has 0 bridgehead atoms. The van der Waals surface area contributed by atoms with E-state index in [0.717, 1.165) is 29.1 Å². The number of aryl methyl sites for hydroxylation is 1. The van der Waals surface area contributed by atoms with Gasteiger partial charge in [0.25, 0.3) is 0 Å². The molecule has 24 heavy (non-hydrogen) atoms. The number of carbonyl (C=O) groups excluding carboxylic acids is 1. The van der Waals surface area contributed by atoms with E-state index in [4.69, 9.17) is 16.6 Å². The number of hydrogen-bond acceptors (Lipinski definition) is 2. The summed E-state index contributed by atoms with van der Waals surface area (Å²) in [6.45, 7) is 3.60. The van der Waals surface area contributed by atoms with Crippen LogP contribution in [0.2, 0.25) is 5.02 Å². The lowest BCUT2D eigenvalue weighted by atomic mass is 10.1. The molecular weight excluding hydrogens is 322 g/mol. The van der Waals surface area contributed by atoms with Crippen molar-refractivity contribution in [2.75, 3.05) is 11.4 Å². The van der Waals surface area contributed by atoms with Crippen molar-refractivity contribution >= 4 is 34.2 Å². The molecule has 0 radical (unpaired) electrons. The van der Waals surface area contributed by atoms with Gasteiger partial charge in [0.1, 0.15) is 5.82 Å². The summed E-state index contributed by atoms with van der Waals surface area (Å²) >= 11 is 6.07. The van der Waals surface area contributed by atoms with E-state index in [9.17, 15) is 4.79 Å². The molecule has 1 aromatic heterocycles. The van der Waals surface area contributed by atoms with E-state index in [1.165, 1.54) is 0 Å². The number of rotatable bonds is 3. The number of fused-ring (bicyclic) bond motifs is 1. The fraction of sp³-hybridized carbons (Fsp3) is 0.263. The molecule has 1 fully saturated rings. The van der Waals surface area contributed by atoms with Crippen molar-refractivity contribution in [2.45, 2.75) is 25.8 Å². The first-order valence-corrected chi connectivity index (χ1v) is 8.56. The van der Waals surface area contributed by atoms with Crippen LogP contribution >= 0.6 is 11.6 Å². The maximum atomic E-state index is 12.5. The third-order valence-corrected chi connectivity index (χ3v) is 4.85. The molecule has 1 atom stereocenters. The van der Waals surface area contributed by atoms with Crippen LogP contribution in [0.3, 0.4) is 0 Å². The van der Waals surface area contributed by atoms with Crippen LogP contribution in [-0.2, 0) is 11.3 Å². The van der Waals surface area contributed by atoms with Crippen LogP contribution in [0.5, 0.6) is 0 Å². The molecule has 5 heteroatoms. The Hall–Kier alpha value is -2.33. The summed E-state index contributed by atoms with van der Waals surface area (Å²) in [5.74, 6) is 1.22. The Kier molecular flexibility index (Phi) is 3.77. The number of halogens is 1. The molecule has 0 aliphatic carbocycles.